The minimum atomic E-state index is -1.07. The van der Waals surface area contributed by atoms with E-state index in [-0.39, 0.29) is 17.4 Å². The van der Waals surface area contributed by atoms with E-state index in [4.69, 9.17) is 27.9 Å². The SMILES string of the molecule is CC(C)(C)C[C@@H]1N[C@@H](C(=O)NCCCNC(=O)OC(C)(C)C)[C@H](c2cccc(Cl)c2)[C@@]1(C#N)c1ccc(Cl)cc1. The molecule has 0 bridgehead atoms. The van der Waals surface area contributed by atoms with E-state index in [1.807, 2.05) is 30.3 Å². The molecule has 2 aromatic carbocycles. The van der Waals surface area contributed by atoms with Gasteiger partial charge in [0.2, 0.25) is 5.91 Å². The summed E-state index contributed by atoms with van der Waals surface area (Å²) in [6, 6.07) is 16.3. The summed E-state index contributed by atoms with van der Waals surface area (Å²) in [5, 5.41) is 21.3. The highest BCUT2D eigenvalue weighted by Crippen LogP contribution is 2.51. The van der Waals surface area contributed by atoms with Crippen molar-refractivity contribution in [3.63, 3.8) is 0 Å². The Labute approximate surface area is 248 Å². The van der Waals surface area contributed by atoms with Crippen LogP contribution in [0.4, 0.5) is 4.79 Å². The standard InChI is InChI=1S/C31H40Cl2N4O3/c1-29(2,3)18-24-31(19-34,21-11-13-22(32)14-12-21)25(20-9-7-10-23(33)17-20)26(37-24)27(38)35-15-8-16-36-28(39)40-30(4,5)6/h7,9-14,17,24-26,37H,8,15-16,18H2,1-6H3,(H,35,38)(H,36,39)/t24-,25-,26+,31-/m0/s1. The van der Waals surface area contributed by atoms with Crippen LogP contribution in [0.15, 0.2) is 48.5 Å². The molecule has 1 fully saturated rings. The Balaban J connectivity index is 1.92. The quantitative estimate of drug-likeness (QED) is 0.313. The van der Waals surface area contributed by atoms with Gasteiger partial charge in [0.25, 0.3) is 0 Å². The van der Waals surface area contributed by atoms with Crippen molar-refractivity contribution in [3.05, 3.63) is 69.7 Å². The van der Waals surface area contributed by atoms with Gasteiger partial charge in [0.1, 0.15) is 11.0 Å². The zero-order valence-electron chi connectivity index (χ0n) is 24.1. The molecule has 216 valence electrons. The van der Waals surface area contributed by atoms with Crippen molar-refractivity contribution in [1.82, 2.24) is 16.0 Å². The average molecular weight is 588 g/mol. The number of rotatable bonds is 8. The maximum atomic E-state index is 13.7. The number of nitriles is 1. The Kier molecular flexibility index (Phi) is 10.2. The number of halogens is 2. The van der Waals surface area contributed by atoms with Crippen LogP contribution in [-0.4, -0.2) is 42.8 Å². The number of benzene rings is 2. The first-order valence-electron chi connectivity index (χ1n) is 13.6. The monoisotopic (exact) mass is 586 g/mol. The van der Waals surface area contributed by atoms with Crippen molar-refractivity contribution in [3.8, 4) is 6.07 Å². The zero-order chi connectivity index (χ0) is 29.7. The fraction of sp³-hybridized carbons (Fsp3) is 0.516. The first-order chi connectivity index (χ1) is 18.7. The molecule has 0 unspecified atom stereocenters. The summed E-state index contributed by atoms with van der Waals surface area (Å²) in [5.74, 6) is -0.739. The van der Waals surface area contributed by atoms with Crippen LogP contribution in [0.25, 0.3) is 0 Å². The molecule has 2 amide bonds. The Morgan fingerprint density at radius 2 is 1.65 bits per heavy atom. The van der Waals surface area contributed by atoms with Crippen LogP contribution in [-0.2, 0) is 14.9 Å². The van der Waals surface area contributed by atoms with Gasteiger partial charge < -0.3 is 20.7 Å². The zero-order valence-corrected chi connectivity index (χ0v) is 25.6. The van der Waals surface area contributed by atoms with Gasteiger partial charge in [-0.3, -0.25) is 4.79 Å². The topological polar surface area (TPSA) is 103 Å². The smallest absolute Gasteiger partial charge is 0.407 e. The van der Waals surface area contributed by atoms with Gasteiger partial charge >= 0.3 is 6.09 Å². The molecule has 2 aromatic rings. The van der Waals surface area contributed by atoms with Crippen LogP contribution in [0.5, 0.6) is 0 Å². The predicted molar refractivity (Wildman–Crippen MR) is 160 cm³/mol. The molecular weight excluding hydrogens is 547 g/mol. The maximum absolute atomic E-state index is 13.7. The van der Waals surface area contributed by atoms with Gasteiger partial charge in [0, 0.05) is 35.1 Å². The van der Waals surface area contributed by atoms with Crippen LogP contribution < -0.4 is 16.0 Å². The lowest BCUT2D eigenvalue weighted by Crippen LogP contribution is -2.46. The van der Waals surface area contributed by atoms with E-state index in [0.717, 1.165) is 11.1 Å². The Morgan fingerprint density at radius 3 is 2.23 bits per heavy atom. The molecule has 1 heterocycles. The van der Waals surface area contributed by atoms with Crippen molar-refractivity contribution < 1.29 is 14.3 Å². The Bertz CT molecular complexity index is 1230. The van der Waals surface area contributed by atoms with Crippen molar-refractivity contribution in [2.24, 2.45) is 5.41 Å². The fourth-order valence-corrected chi connectivity index (χ4v) is 5.70. The van der Waals surface area contributed by atoms with E-state index in [0.29, 0.717) is 36.0 Å². The summed E-state index contributed by atoms with van der Waals surface area (Å²) in [5.41, 5.74) is -0.169. The van der Waals surface area contributed by atoms with Gasteiger partial charge in [-0.2, -0.15) is 5.26 Å². The molecule has 3 N–H and O–H groups in total. The van der Waals surface area contributed by atoms with E-state index in [1.165, 1.54) is 0 Å². The second kappa shape index (κ2) is 12.8. The highest BCUT2D eigenvalue weighted by Gasteiger charge is 2.59. The van der Waals surface area contributed by atoms with E-state index in [9.17, 15) is 14.9 Å². The number of carbonyl (C=O) groups excluding carboxylic acids is 2. The largest absolute Gasteiger partial charge is 0.444 e. The average Bonchev–Trinajstić information content (AvgIpc) is 3.16. The third kappa shape index (κ3) is 7.90. The summed E-state index contributed by atoms with van der Waals surface area (Å²) in [6.07, 6.45) is 0.680. The molecule has 0 saturated carbocycles. The highest BCUT2D eigenvalue weighted by atomic mass is 35.5. The second-order valence-electron chi connectivity index (χ2n) is 12.6. The Morgan fingerprint density at radius 1 is 1.00 bits per heavy atom. The van der Waals surface area contributed by atoms with Gasteiger partial charge in [-0.25, -0.2) is 4.79 Å². The number of amides is 2. The summed E-state index contributed by atoms with van der Waals surface area (Å²) in [6.45, 7) is 12.5. The molecule has 4 atom stereocenters. The Hall–Kier alpha value is -2.79. The summed E-state index contributed by atoms with van der Waals surface area (Å²) in [7, 11) is 0. The van der Waals surface area contributed by atoms with Gasteiger partial charge in [0.15, 0.2) is 0 Å². The molecule has 3 rings (SSSR count). The van der Waals surface area contributed by atoms with E-state index in [1.54, 1.807) is 39.0 Å². The van der Waals surface area contributed by atoms with Crippen LogP contribution in [0, 0.1) is 16.7 Å². The third-order valence-electron chi connectivity index (χ3n) is 6.89. The minimum absolute atomic E-state index is 0.121. The first kappa shape index (κ1) is 31.7. The molecular formula is C31H40Cl2N4O3. The number of hydrogen-bond acceptors (Lipinski definition) is 5. The van der Waals surface area contributed by atoms with E-state index in [2.05, 4.69) is 42.8 Å². The van der Waals surface area contributed by atoms with Crippen LogP contribution in [0.2, 0.25) is 10.0 Å². The number of hydrogen-bond donors (Lipinski definition) is 3. The van der Waals surface area contributed by atoms with Crippen molar-refractivity contribution in [2.75, 3.05) is 13.1 Å². The molecule has 7 nitrogen and oxygen atoms in total. The predicted octanol–water partition coefficient (Wildman–Crippen LogP) is 6.35. The molecule has 0 aromatic heterocycles. The molecule has 0 spiro atoms. The lowest BCUT2D eigenvalue weighted by Gasteiger charge is -2.37. The summed E-state index contributed by atoms with van der Waals surface area (Å²) >= 11 is 12.6. The number of ether oxygens (including phenoxy) is 1. The van der Waals surface area contributed by atoms with Crippen molar-refractivity contribution >= 4 is 35.2 Å². The number of nitrogens with zero attached hydrogens (tertiary/aromatic N) is 1. The van der Waals surface area contributed by atoms with Gasteiger partial charge in [-0.05, 0) is 74.4 Å². The van der Waals surface area contributed by atoms with Gasteiger partial charge in [-0.15, -0.1) is 0 Å². The van der Waals surface area contributed by atoms with E-state index >= 15 is 0 Å². The third-order valence-corrected chi connectivity index (χ3v) is 7.38. The van der Waals surface area contributed by atoms with E-state index < -0.39 is 29.1 Å². The summed E-state index contributed by atoms with van der Waals surface area (Å²) < 4.78 is 5.26. The molecule has 0 aliphatic carbocycles. The molecule has 40 heavy (non-hydrogen) atoms. The minimum Gasteiger partial charge on any atom is -0.444 e. The fourth-order valence-electron chi connectivity index (χ4n) is 5.37. The van der Waals surface area contributed by atoms with Crippen molar-refractivity contribution in [2.45, 2.75) is 83.4 Å². The van der Waals surface area contributed by atoms with Gasteiger partial charge in [0.05, 0.1) is 12.1 Å². The normalized spacial score (nSPS) is 22.8. The highest BCUT2D eigenvalue weighted by molar-refractivity contribution is 6.30. The lowest BCUT2D eigenvalue weighted by atomic mass is 9.63. The lowest BCUT2D eigenvalue weighted by molar-refractivity contribution is -0.123. The van der Waals surface area contributed by atoms with Gasteiger partial charge in [-0.1, -0.05) is 68.2 Å². The maximum Gasteiger partial charge on any atom is 0.407 e. The number of carbonyl (C=O) groups is 2. The molecule has 9 heteroatoms. The second-order valence-corrected chi connectivity index (χ2v) is 13.4. The number of nitrogens with one attached hydrogen (secondary N) is 3. The van der Waals surface area contributed by atoms with Crippen LogP contribution in [0.3, 0.4) is 0 Å². The first-order valence-corrected chi connectivity index (χ1v) is 14.4. The van der Waals surface area contributed by atoms with Crippen LogP contribution >= 0.6 is 23.2 Å². The molecule has 1 aliphatic rings. The number of alkyl carbamates (subject to hydrolysis) is 1. The summed E-state index contributed by atoms with van der Waals surface area (Å²) in [4.78, 5) is 25.7. The van der Waals surface area contributed by atoms with Crippen LogP contribution in [0.1, 0.15) is 71.4 Å². The molecule has 0 radical (unpaired) electrons. The molecule has 1 saturated heterocycles. The molecule has 1 aliphatic heterocycles. The van der Waals surface area contributed by atoms with Crippen molar-refractivity contribution in [1.29, 1.82) is 5.26 Å².